The first kappa shape index (κ1) is 14.9. The van der Waals surface area contributed by atoms with E-state index >= 15 is 0 Å². The summed E-state index contributed by atoms with van der Waals surface area (Å²) in [5, 5.41) is 18.2. The van der Waals surface area contributed by atoms with Crippen molar-refractivity contribution in [2.75, 3.05) is 0 Å². The number of carbonyl (C=O) groups is 1. The highest BCUT2D eigenvalue weighted by molar-refractivity contribution is 7.59. The zero-order chi connectivity index (χ0) is 13.0. The number of rotatable bonds is 3. The van der Waals surface area contributed by atoms with Crippen molar-refractivity contribution in [3.63, 3.8) is 0 Å². The van der Waals surface area contributed by atoms with E-state index in [4.69, 9.17) is 14.9 Å². The lowest BCUT2D eigenvalue weighted by Crippen LogP contribution is -2.04. The number of ether oxygens (including phenoxy) is 1. The molecule has 2 rings (SSSR count). The Morgan fingerprint density at radius 3 is 1.89 bits per heavy atom. The molecule has 2 N–H and O–H groups in total. The molecule has 0 bridgehead atoms. The van der Waals surface area contributed by atoms with E-state index in [0.29, 0.717) is 5.56 Å². The topological polar surface area (TPSA) is 66.8 Å². The molecule has 4 nitrogen and oxygen atoms in total. The maximum Gasteiger partial charge on any atom is 0.338 e. The molecule has 0 radical (unpaired) electrons. The van der Waals surface area contributed by atoms with E-state index < -0.39 is 5.97 Å². The molecule has 0 aromatic heterocycles. The zero-order valence-electron chi connectivity index (χ0n) is 10.0. The smallest absolute Gasteiger partial charge is 0.338 e. The third-order valence-electron chi connectivity index (χ3n) is 2.41. The van der Waals surface area contributed by atoms with Gasteiger partial charge in [-0.3, -0.25) is 0 Å². The predicted octanol–water partition coefficient (Wildman–Crippen LogP) is 2.57. The SMILES string of the molecule is O=C(OCc1ccc(O)cc1)c1ccc(O)cc1.S. The minimum Gasteiger partial charge on any atom is -0.508 e. The van der Waals surface area contributed by atoms with Crippen molar-refractivity contribution in [2.45, 2.75) is 6.61 Å². The van der Waals surface area contributed by atoms with Gasteiger partial charge in [-0.05, 0) is 42.0 Å². The maximum atomic E-state index is 11.6. The lowest BCUT2D eigenvalue weighted by molar-refractivity contribution is 0.0472. The molecule has 5 heteroatoms. The van der Waals surface area contributed by atoms with Gasteiger partial charge in [0.15, 0.2) is 0 Å². The molecule has 2 aromatic rings. The summed E-state index contributed by atoms with van der Waals surface area (Å²) in [6.45, 7) is 0.139. The predicted molar refractivity (Wildman–Crippen MR) is 75.7 cm³/mol. The van der Waals surface area contributed by atoms with Crippen LogP contribution in [0.4, 0.5) is 0 Å². The minimum absolute atomic E-state index is 0. The molecule has 100 valence electrons. The normalized spacial score (nSPS) is 9.47. The summed E-state index contributed by atoms with van der Waals surface area (Å²) in [6, 6.07) is 12.3. The highest BCUT2D eigenvalue weighted by Crippen LogP contribution is 2.13. The maximum absolute atomic E-state index is 11.6. The van der Waals surface area contributed by atoms with E-state index in [9.17, 15) is 4.79 Å². The Labute approximate surface area is 117 Å². The molecule has 0 aliphatic rings. The van der Waals surface area contributed by atoms with Gasteiger partial charge < -0.3 is 14.9 Å². The third kappa shape index (κ3) is 4.22. The van der Waals surface area contributed by atoms with Crippen LogP contribution in [0.15, 0.2) is 48.5 Å². The van der Waals surface area contributed by atoms with Crippen molar-refractivity contribution >= 4 is 19.5 Å². The van der Waals surface area contributed by atoms with Gasteiger partial charge in [0.25, 0.3) is 0 Å². The van der Waals surface area contributed by atoms with Gasteiger partial charge in [-0.15, -0.1) is 0 Å². The van der Waals surface area contributed by atoms with Crippen LogP contribution in [-0.4, -0.2) is 16.2 Å². The van der Waals surface area contributed by atoms with Crippen LogP contribution in [-0.2, 0) is 11.3 Å². The fourth-order valence-electron chi connectivity index (χ4n) is 1.42. The largest absolute Gasteiger partial charge is 0.508 e. The second-order valence-electron chi connectivity index (χ2n) is 3.79. The van der Waals surface area contributed by atoms with Gasteiger partial charge in [-0.25, -0.2) is 4.79 Å². The van der Waals surface area contributed by atoms with Gasteiger partial charge in [-0.2, -0.15) is 13.5 Å². The van der Waals surface area contributed by atoms with Gasteiger partial charge in [0.1, 0.15) is 18.1 Å². The van der Waals surface area contributed by atoms with Gasteiger partial charge in [0, 0.05) is 0 Å². The molecule has 2 aromatic carbocycles. The summed E-state index contributed by atoms with van der Waals surface area (Å²) >= 11 is 0. The first-order valence-electron chi connectivity index (χ1n) is 5.39. The Morgan fingerprint density at radius 1 is 0.895 bits per heavy atom. The summed E-state index contributed by atoms with van der Waals surface area (Å²) in [5.74, 6) is -0.184. The molecule has 0 atom stereocenters. The van der Waals surface area contributed by atoms with Gasteiger partial charge in [-0.1, -0.05) is 12.1 Å². The van der Waals surface area contributed by atoms with Crippen molar-refractivity contribution in [3.8, 4) is 11.5 Å². The summed E-state index contributed by atoms with van der Waals surface area (Å²) in [6.07, 6.45) is 0. The molecule has 0 saturated carbocycles. The zero-order valence-corrected chi connectivity index (χ0v) is 11.0. The number of phenols is 2. The van der Waals surface area contributed by atoms with Gasteiger partial charge in [0.05, 0.1) is 5.56 Å². The Hall–Kier alpha value is -2.14. The Kier molecular flexibility index (Phi) is 5.26. The van der Waals surface area contributed by atoms with E-state index in [2.05, 4.69) is 0 Å². The summed E-state index contributed by atoms with van der Waals surface area (Å²) in [4.78, 5) is 11.6. The molecule has 0 spiro atoms. The number of aromatic hydroxyl groups is 2. The van der Waals surface area contributed by atoms with Crippen molar-refractivity contribution < 1.29 is 19.7 Å². The highest BCUT2D eigenvalue weighted by Gasteiger charge is 2.07. The number of esters is 1. The monoisotopic (exact) mass is 278 g/mol. The van der Waals surface area contributed by atoms with E-state index in [-0.39, 0.29) is 31.6 Å². The van der Waals surface area contributed by atoms with Crippen molar-refractivity contribution in [1.82, 2.24) is 0 Å². The standard InChI is InChI=1S/C14H12O4.H2S/c15-12-5-1-10(2-6-12)9-18-14(17)11-3-7-13(16)8-4-11;/h1-8,15-16H,9H2;1H2. The van der Waals surface area contributed by atoms with Crippen molar-refractivity contribution in [2.24, 2.45) is 0 Å². The van der Waals surface area contributed by atoms with Crippen molar-refractivity contribution in [3.05, 3.63) is 59.7 Å². The lowest BCUT2D eigenvalue weighted by Gasteiger charge is -2.05. The molecular weight excluding hydrogens is 264 g/mol. The Balaban J connectivity index is 0.00000180. The third-order valence-corrected chi connectivity index (χ3v) is 2.41. The molecular formula is C14H14O4S. The van der Waals surface area contributed by atoms with Gasteiger partial charge >= 0.3 is 5.97 Å². The van der Waals surface area contributed by atoms with Crippen LogP contribution >= 0.6 is 13.5 Å². The fourth-order valence-corrected chi connectivity index (χ4v) is 1.42. The molecule has 0 unspecified atom stereocenters. The molecule has 0 aliphatic carbocycles. The van der Waals surface area contributed by atoms with Crippen LogP contribution in [0.5, 0.6) is 11.5 Å². The van der Waals surface area contributed by atoms with Crippen LogP contribution in [0.25, 0.3) is 0 Å². The number of hydrogen-bond acceptors (Lipinski definition) is 4. The molecule has 19 heavy (non-hydrogen) atoms. The second-order valence-corrected chi connectivity index (χ2v) is 3.79. The Bertz CT molecular complexity index is 534. The quantitative estimate of drug-likeness (QED) is 0.847. The summed E-state index contributed by atoms with van der Waals surface area (Å²) in [7, 11) is 0. The second kappa shape index (κ2) is 6.70. The molecule has 0 amide bonds. The van der Waals surface area contributed by atoms with Crippen LogP contribution in [0.3, 0.4) is 0 Å². The van der Waals surface area contributed by atoms with E-state index in [0.717, 1.165) is 5.56 Å². The first-order valence-corrected chi connectivity index (χ1v) is 5.39. The van der Waals surface area contributed by atoms with Crippen LogP contribution in [0.1, 0.15) is 15.9 Å². The van der Waals surface area contributed by atoms with E-state index in [1.54, 1.807) is 12.1 Å². The molecule has 0 heterocycles. The number of benzene rings is 2. The lowest BCUT2D eigenvalue weighted by atomic mass is 10.2. The summed E-state index contributed by atoms with van der Waals surface area (Å²) < 4.78 is 5.09. The molecule has 0 fully saturated rings. The highest BCUT2D eigenvalue weighted by atomic mass is 32.1. The Morgan fingerprint density at radius 2 is 1.37 bits per heavy atom. The fraction of sp³-hybridized carbons (Fsp3) is 0.0714. The van der Waals surface area contributed by atoms with Crippen molar-refractivity contribution in [1.29, 1.82) is 0 Å². The molecule has 0 saturated heterocycles. The minimum atomic E-state index is -0.455. The number of carbonyl (C=O) groups excluding carboxylic acids is 1. The van der Waals surface area contributed by atoms with Crippen LogP contribution in [0.2, 0.25) is 0 Å². The van der Waals surface area contributed by atoms with Gasteiger partial charge in [0.2, 0.25) is 0 Å². The number of phenolic OH excluding ortho intramolecular Hbond substituents is 2. The van der Waals surface area contributed by atoms with Crippen LogP contribution < -0.4 is 0 Å². The van der Waals surface area contributed by atoms with Crippen LogP contribution in [0, 0.1) is 0 Å². The average molecular weight is 278 g/mol. The first-order chi connectivity index (χ1) is 8.65. The molecule has 0 aliphatic heterocycles. The number of hydrogen-bond donors (Lipinski definition) is 2. The summed E-state index contributed by atoms with van der Waals surface area (Å²) in [5.41, 5.74) is 1.17. The average Bonchev–Trinajstić information content (AvgIpc) is 2.38. The van der Waals surface area contributed by atoms with E-state index in [1.165, 1.54) is 36.4 Å². The van der Waals surface area contributed by atoms with E-state index in [1.807, 2.05) is 0 Å².